The minimum atomic E-state index is 0.0729. The van der Waals surface area contributed by atoms with Gasteiger partial charge in [0.25, 0.3) is 0 Å². The molecule has 3 aromatic rings. The summed E-state index contributed by atoms with van der Waals surface area (Å²) in [7, 11) is 0. The van der Waals surface area contributed by atoms with Crippen LogP contribution in [0.4, 0.5) is 0 Å². The minimum absolute atomic E-state index is 0.0729. The SMILES string of the molecule is O=C(c1cc2c(s1)CCC2)c1c[nH]c2cccc(Cl)c12. The number of aryl methyl sites for hydroxylation is 2. The summed E-state index contributed by atoms with van der Waals surface area (Å²) in [5.41, 5.74) is 2.93. The Kier molecular flexibility index (Phi) is 2.72. The molecule has 2 nitrogen and oxygen atoms in total. The van der Waals surface area contributed by atoms with Crippen molar-refractivity contribution >= 4 is 39.6 Å². The Bertz CT molecular complexity index is 809. The lowest BCUT2D eigenvalue weighted by molar-refractivity contribution is 0.104. The fourth-order valence-corrected chi connectivity index (χ4v) is 4.38. The van der Waals surface area contributed by atoms with Gasteiger partial charge >= 0.3 is 0 Å². The molecule has 0 saturated carbocycles. The summed E-state index contributed by atoms with van der Waals surface area (Å²) in [6.07, 6.45) is 5.20. The van der Waals surface area contributed by atoms with Gasteiger partial charge < -0.3 is 4.98 Å². The number of thiophene rings is 1. The lowest BCUT2D eigenvalue weighted by Gasteiger charge is -1.99. The average Bonchev–Trinajstić information content (AvgIpc) is 3.11. The molecule has 0 unspecified atom stereocenters. The van der Waals surface area contributed by atoms with E-state index in [0.29, 0.717) is 10.6 Å². The van der Waals surface area contributed by atoms with Gasteiger partial charge in [-0.2, -0.15) is 0 Å². The van der Waals surface area contributed by atoms with Crippen molar-refractivity contribution in [3.63, 3.8) is 0 Å². The minimum Gasteiger partial charge on any atom is -0.360 e. The molecular weight excluding hydrogens is 290 g/mol. The molecule has 0 atom stereocenters. The molecule has 1 N–H and O–H groups in total. The Labute approximate surface area is 125 Å². The largest absolute Gasteiger partial charge is 0.360 e. The van der Waals surface area contributed by atoms with Crippen molar-refractivity contribution in [2.75, 3.05) is 0 Å². The summed E-state index contributed by atoms with van der Waals surface area (Å²) in [5, 5.41) is 1.45. The number of hydrogen-bond acceptors (Lipinski definition) is 2. The van der Waals surface area contributed by atoms with Crippen LogP contribution in [0, 0.1) is 0 Å². The average molecular weight is 302 g/mol. The van der Waals surface area contributed by atoms with Gasteiger partial charge in [-0.3, -0.25) is 4.79 Å². The van der Waals surface area contributed by atoms with Crippen molar-refractivity contribution in [3.05, 3.63) is 56.4 Å². The molecule has 0 fully saturated rings. The second-order valence-corrected chi connectivity index (χ2v) is 6.65. The summed E-state index contributed by atoms with van der Waals surface area (Å²) in [4.78, 5) is 18.0. The van der Waals surface area contributed by atoms with Crippen LogP contribution in [-0.4, -0.2) is 10.8 Å². The molecule has 0 bridgehead atoms. The number of carbonyl (C=O) groups is 1. The highest BCUT2D eigenvalue weighted by Crippen LogP contribution is 2.34. The molecule has 4 heteroatoms. The monoisotopic (exact) mass is 301 g/mol. The van der Waals surface area contributed by atoms with E-state index in [0.717, 1.165) is 28.6 Å². The number of carbonyl (C=O) groups excluding carboxylic acids is 1. The predicted molar refractivity (Wildman–Crippen MR) is 83.1 cm³/mol. The van der Waals surface area contributed by atoms with E-state index in [2.05, 4.69) is 11.1 Å². The molecule has 100 valence electrons. The van der Waals surface area contributed by atoms with Gasteiger partial charge in [-0.15, -0.1) is 11.3 Å². The van der Waals surface area contributed by atoms with Crippen LogP contribution in [0.5, 0.6) is 0 Å². The Morgan fingerprint density at radius 1 is 1.30 bits per heavy atom. The first-order chi connectivity index (χ1) is 9.74. The maximum atomic E-state index is 12.7. The third-order valence-corrected chi connectivity index (χ3v) is 5.42. The van der Waals surface area contributed by atoms with E-state index in [1.165, 1.54) is 16.9 Å². The van der Waals surface area contributed by atoms with Crippen molar-refractivity contribution in [2.24, 2.45) is 0 Å². The predicted octanol–water partition coefficient (Wildman–Crippen LogP) is 4.60. The van der Waals surface area contributed by atoms with E-state index in [4.69, 9.17) is 11.6 Å². The molecule has 2 aromatic heterocycles. The van der Waals surface area contributed by atoms with Crippen LogP contribution in [-0.2, 0) is 12.8 Å². The van der Waals surface area contributed by atoms with E-state index in [1.807, 2.05) is 18.2 Å². The van der Waals surface area contributed by atoms with Gasteiger partial charge in [-0.25, -0.2) is 0 Å². The number of halogens is 1. The third-order valence-electron chi connectivity index (χ3n) is 3.87. The zero-order valence-electron chi connectivity index (χ0n) is 10.7. The standard InChI is InChI=1S/C16H12ClNOS/c17-11-4-2-5-12-15(11)10(8-18-12)16(19)14-7-9-3-1-6-13(9)20-14/h2,4-5,7-8,18H,1,3,6H2. The maximum absolute atomic E-state index is 12.7. The molecule has 0 aliphatic heterocycles. The quantitative estimate of drug-likeness (QED) is 0.689. The van der Waals surface area contributed by atoms with Crippen molar-refractivity contribution in [1.82, 2.24) is 4.98 Å². The van der Waals surface area contributed by atoms with E-state index in [-0.39, 0.29) is 5.78 Å². The molecule has 1 aliphatic rings. The van der Waals surface area contributed by atoms with E-state index < -0.39 is 0 Å². The van der Waals surface area contributed by atoms with Crippen molar-refractivity contribution in [3.8, 4) is 0 Å². The molecule has 4 rings (SSSR count). The van der Waals surface area contributed by atoms with Crippen LogP contribution in [0.1, 0.15) is 32.1 Å². The number of aromatic amines is 1. The van der Waals surface area contributed by atoms with Gasteiger partial charge in [0.15, 0.2) is 0 Å². The molecule has 2 heterocycles. The molecule has 1 aliphatic carbocycles. The number of aromatic nitrogens is 1. The first-order valence-electron chi connectivity index (χ1n) is 6.66. The highest BCUT2D eigenvalue weighted by molar-refractivity contribution is 7.14. The van der Waals surface area contributed by atoms with Gasteiger partial charge in [0.1, 0.15) is 0 Å². The first-order valence-corrected chi connectivity index (χ1v) is 7.85. The Morgan fingerprint density at radius 3 is 3.05 bits per heavy atom. The number of ketones is 1. The Balaban J connectivity index is 1.84. The zero-order chi connectivity index (χ0) is 13.7. The summed E-state index contributed by atoms with van der Waals surface area (Å²) in [6, 6.07) is 7.70. The molecule has 0 amide bonds. The van der Waals surface area contributed by atoms with Crippen LogP contribution < -0.4 is 0 Å². The third kappa shape index (κ3) is 1.74. The molecule has 1 aromatic carbocycles. The van der Waals surface area contributed by atoms with Crippen molar-refractivity contribution in [2.45, 2.75) is 19.3 Å². The number of rotatable bonds is 2. The van der Waals surface area contributed by atoms with Gasteiger partial charge in [0.05, 0.1) is 15.5 Å². The fourth-order valence-electron chi connectivity index (χ4n) is 2.89. The van der Waals surface area contributed by atoms with Crippen LogP contribution in [0.15, 0.2) is 30.5 Å². The fraction of sp³-hybridized carbons (Fsp3) is 0.188. The summed E-state index contributed by atoms with van der Waals surface area (Å²) in [6.45, 7) is 0. The van der Waals surface area contributed by atoms with Crippen LogP contribution in [0.25, 0.3) is 10.9 Å². The van der Waals surface area contributed by atoms with Crippen LogP contribution >= 0.6 is 22.9 Å². The smallest absolute Gasteiger partial charge is 0.205 e. The van der Waals surface area contributed by atoms with Gasteiger partial charge in [0, 0.05) is 22.0 Å². The maximum Gasteiger partial charge on any atom is 0.205 e. The van der Waals surface area contributed by atoms with Gasteiger partial charge in [-0.1, -0.05) is 17.7 Å². The number of H-pyrrole nitrogens is 1. The normalized spacial score (nSPS) is 13.8. The molecular formula is C16H12ClNOS. The van der Waals surface area contributed by atoms with Gasteiger partial charge in [0.2, 0.25) is 5.78 Å². The van der Waals surface area contributed by atoms with Crippen molar-refractivity contribution in [1.29, 1.82) is 0 Å². The van der Waals surface area contributed by atoms with Crippen LogP contribution in [0.3, 0.4) is 0 Å². The summed E-state index contributed by atoms with van der Waals surface area (Å²) >= 11 is 7.88. The number of nitrogens with one attached hydrogen (secondary N) is 1. The molecule has 0 saturated heterocycles. The summed E-state index contributed by atoms with van der Waals surface area (Å²) in [5.74, 6) is 0.0729. The number of benzene rings is 1. The Morgan fingerprint density at radius 2 is 2.20 bits per heavy atom. The molecule has 0 radical (unpaired) electrons. The van der Waals surface area contributed by atoms with Crippen LogP contribution in [0.2, 0.25) is 5.02 Å². The highest BCUT2D eigenvalue weighted by atomic mass is 35.5. The second kappa shape index (κ2) is 4.47. The summed E-state index contributed by atoms with van der Waals surface area (Å²) < 4.78 is 0. The van der Waals surface area contributed by atoms with Gasteiger partial charge in [-0.05, 0) is 43.0 Å². The number of fused-ring (bicyclic) bond motifs is 2. The molecule has 20 heavy (non-hydrogen) atoms. The zero-order valence-corrected chi connectivity index (χ0v) is 12.3. The topological polar surface area (TPSA) is 32.9 Å². The van der Waals surface area contributed by atoms with E-state index >= 15 is 0 Å². The lowest BCUT2D eigenvalue weighted by Crippen LogP contribution is -1.97. The van der Waals surface area contributed by atoms with E-state index in [9.17, 15) is 4.79 Å². The lowest BCUT2D eigenvalue weighted by atomic mass is 10.1. The number of hydrogen-bond donors (Lipinski definition) is 1. The highest BCUT2D eigenvalue weighted by Gasteiger charge is 2.22. The second-order valence-electron chi connectivity index (χ2n) is 5.11. The Hall–Kier alpha value is -1.58. The first kappa shape index (κ1) is 12.2. The molecule has 0 spiro atoms. The van der Waals surface area contributed by atoms with E-state index in [1.54, 1.807) is 17.5 Å². The van der Waals surface area contributed by atoms with Crippen molar-refractivity contribution < 1.29 is 4.79 Å².